The van der Waals surface area contributed by atoms with Crippen LogP contribution in [0, 0.1) is 0 Å². The monoisotopic (exact) mass is 375 g/mol. The zero-order chi connectivity index (χ0) is 18.4. The summed E-state index contributed by atoms with van der Waals surface area (Å²) in [6, 6.07) is 8.87. The minimum Gasteiger partial charge on any atom is -0.478 e. The number of hydrogen-bond acceptors (Lipinski definition) is 7. The standard InChI is InChI=1S/C18H21N3O4S/c1-24-11-15-10-16(21-5-7-25-8-6-21)20-18(19-15)26-12-13-3-2-4-14(9-13)17(22)23/h2-4,9-10H,5-8,11-12H2,1H3,(H,22,23). The van der Waals surface area contributed by atoms with Gasteiger partial charge in [0.1, 0.15) is 5.82 Å². The number of carboxylic acids is 1. The summed E-state index contributed by atoms with van der Waals surface area (Å²) in [7, 11) is 1.64. The van der Waals surface area contributed by atoms with Crippen LogP contribution in [0.4, 0.5) is 5.82 Å². The van der Waals surface area contributed by atoms with E-state index in [1.165, 1.54) is 11.8 Å². The molecule has 7 nitrogen and oxygen atoms in total. The maximum atomic E-state index is 11.1. The number of thioether (sulfide) groups is 1. The summed E-state index contributed by atoms with van der Waals surface area (Å²) in [6.07, 6.45) is 0. The van der Waals surface area contributed by atoms with Crippen molar-refractivity contribution < 1.29 is 19.4 Å². The molecule has 26 heavy (non-hydrogen) atoms. The molecule has 2 aromatic rings. The van der Waals surface area contributed by atoms with E-state index in [0.717, 1.165) is 30.2 Å². The molecule has 0 unspecified atom stereocenters. The number of anilines is 1. The summed E-state index contributed by atoms with van der Waals surface area (Å²) in [4.78, 5) is 22.5. The molecular weight excluding hydrogens is 354 g/mol. The quantitative estimate of drug-likeness (QED) is 0.583. The van der Waals surface area contributed by atoms with Gasteiger partial charge in [0.2, 0.25) is 0 Å². The highest BCUT2D eigenvalue weighted by atomic mass is 32.2. The van der Waals surface area contributed by atoms with Crippen molar-refractivity contribution in [2.45, 2.75) is 17.5 Å². The first-order valence-corrected chi connectivity index (χ1v) is 9.29. The molecule has 1 aromatic carbocycles. The van der Waals surface area contributed by atoms with E-state index >= 15 is 0 Å². The van der Waals surface area contributed by atoms with E-state index in [0.29, 0.717) is 30.7 Å². The molecular formula is C18H21N3O4S. The van der Waals surface area contributed by atoms with Crippen molar-refractivity contribution in [1.82, 2.24) is 9.97 Å². The fourth-order valence-electron chi connectivity index (χ4n) is 2.64. The second-order valence-corrected chi connectivity index (χ2v) is 6.77. The number of nitrogens with zero attached hydrogens (tertiary/aromatic N) is 3. The Labute approximate surface area is 156 Å². The fourth-order valence-corrected chi connectivity index (χ4v) is 3.46. The molecule has 0 saturated carbocycles. The number of carboxylic acid groups (broad SMARTS) is 1. The summed E-state index contributed by atoms with van der Waals surface area (Å²) in [5.74, 6) is 0.544. The lowest BCUT2D eigenvalue weighted by molar-refractivity contribution is 0.0696. The number of morpholine rings is 1. The molecule has 1 aromatic heterocycles. The second-order valence-electron chi connectivity index (χ2n) is 5.83. The van der Waals surface area contributed by atoms with E-state index in [-0.39, 0.29) is 5.56 Å². The number of ether oxygens (including phenoxy) is 2. The van der Waals surface area contributed by atoms with Gasteiger partial charge in [-0.15, -0.1) is 0 Å². The average Bonchev–Trinajstić information content (AvgIpc) is 2.67. The van der Waals surface area contributed by atoms with Crippen molar-refractivity contribution >= 4 is 23.5 Å². The molecule has 0 radical (unpaired) electrons. The first kappa shape index (κ1) is 18.6. The number of methoxy groups -OCH3 is 1. The Morgan fingerprint density at radius 2 is 2.12 bits per heavy atom. The zero-order valence-corrected chi connectivity index (χ0v) is 15.4. The van der Waals surface area contributed by atoms with Gasteiger partial charge < -0.3 is 19.5 Å². The molecule has 0 atom stereocenters. The molecule has 1 fully saturated rings. The number of rotatable bonds is 7. The van der Waals surface area contributed by atoms with Crippen LogP contribution in [0.3, 0.4) is 0 Å². The van der Waals surface area contributed by atoms with Crippen LogP contribution in [0.5, 0.6) is 0 Å². The second kappa shape index (κ2) is 8.98. The van der Waals surface area contributed by atoms with Gasteiger partial charge in [-0.25, -0.2) is 14.8 Å². The molecule has 1 aliphatic rings. The molecule has 0 aliphatic carbocycles. The van der Waals surface area contributed by atoms with E-state index in [4.69, 9.17) is 14.6 Å². The van der Waals surface area contributed by atoms with Crippen LogP contribution >= 0.6 is 11.8 Å². The van der Waals surface area contributed by atoms with Crippen LogP contribution < -0.4 is 4.90 Å². The summed E-state index contributed by atoms with van der Waals surface area (Å²) >= 11 is 1.48. The van der Waals surface area contributed by atoms with Crippen LogP contribution in [0.2, 0.25) is 0 Å². The lowest BCUT2D eigenvalue weighted by Crippen LogP contribution is -2.37. The van der Waals surface area contributed by atoms with Gasteiger partial charge in [0, 0.05) is 32.0 Å². The van der Waals surface area contributed by atoms with Crippen molar-refractivity contribution in [3.8, 4) is 0 Å². The smallest absolute Gasteiger partial charge is 0.335 e. The van der Waals surface area contributed by atoms with Crippen molar-refractivity contribution in [3.63, 3.8) is 0 Å². The third kappa shape index (κ3) is 4.94. The lowest BCUT2D eigenvalue weighted by atomic mass is 10.1. The van der Waals surface area contributed by atoms with Crippen molar-refractivity contribution in [3.05, 3.63) is 47.2 Å². The summed E-state index contributed by atoms with van der Waals surface area (Å²) < 4.78 is 10.6. The first-order chi connectivity index (χ1) is 12.7. The predicted octanol–water partition coefficient (Wildman–Crippen LogP) is 2.45. The third-order valence-electron chi connectivity index (χ3n) is 3.91. The number of carbonyl (C=O) groups is 1. The Morgan fingerprint density at radius 3 is 2.85 bits per heavy atom. The molecule has 1 saturated heterocycles. The Kier molecular flexibility index (Phi) is 6.43. The van der Waals surface area contributed by atoms with Gasteiger partial charge in [-0.3, -0.25) is 0 Å². The summed E-state index contributed by atoms with van der Waals surface area (Å²) in [6.45, 7) is 3.40. The topological polar surface area (TPSA) is 84.8 Å². The third-order valence-corrected chi connectivity index (χ3v) is 4.83. The maximum Gasteiger partial charge on any atom is 0.335 e. The molecule has 0 spiro atoms. The average molecular weight is 375 g/mol. The Bertz CT molecular complexity index is 766. The Morgan fingerprint density at radius 1 is 1.31 bits per heavy atom. The van der Waals surface area contributed by atoms with Crippen LogP contribution in [-0.4, -0.2) is 54.5 Å². The van der Waals surface area contributed by atoms with Crippen molar-refractivity contribution in [2.24, 2.45) is 0 Å². The maximum absolute atomic E-state index is 11.1. The largest absolute Gasteiger partial charge is 0.478 e. The van der Waals surface area contributed by atoms with Gasteiger partial charge in [0.05, 0.1) is 31.1 Å². The number of aromatic carboxylic acids is 1. The molecule has 0 amide bonds. The molecule has 0 bridgehead atoms. The number of aromatic nitrogens is 2. The number of hydrogen-bond donors (Lipinski definition) is 1. The predicted molar refractivity (Wildman–Crippen MR) is 98.7 cm³/mol. The highest BCUT2D eigenvalue weighted by molar-refractivity contribution is 7.98. The molecule has 3 rings (SSSR count). The lowest BCUT2D eigenvalue weighted by Gasteiger charge is -2.28. The van der Waals surface area contributed by atoms with Gasteiger partial charge in [-0.1, -0.05) is 23.9 Å². The van der Waals surface area contributed by atoms with Gasteiger partial charge >= 0.3 is 5.97 Å². The summed E-state index contributed by atoms with van der Waals surface area (Å²) in [5, 5.41) is 9.76. The van der Waals surface area contributed by atoms with Crippen molar-refractivity contribution in [2.75, 3.05) is 38.3 Å². The van der Waals surface area contributed by atoms with Gasteiger partial charge in [-0.05, 0) is 17.7 Å². The van der Waals surface area contributed by atoms with Crippen molar-refractivity contribution in [1.29, 1.82) is 0 Å². The van der Waals surface area contributed by atoms with E-state index < -0.39 is 5.97 Å². The number of benzene rings is 1. The molecule has 8 heteroatoms. The van der Waals surface area contributed by atoms with E-state index in [9.17, 15) is 4.79 Å². The molecule has 1 N–H and O–H groups in total. The van der Waals surface area contributed by atoms with E-state index in [2.05, 4.69) is 14.9 Å². The van der Waals surface area contributed by atoms with Crippen LogP contribution in [0.25, 0.3) is 0 Å². The highest BCUT2D eigenvalue weighted by Gasteiger charge is 2.15. The SMILES string of the molecule is COCc1cc(N2CCOCC2)nc(SCc2cccc(C(=O)O)c2)n1. The van der Waals surface area contributed by atoms with Crippen LogP contribution in [-0.2, 0) is 21.8 Å². The normalized spacial score (nSPS) is 14.4. The van der Waals surface area contributed by atoms with Crippen LogP contribution in [0.15, 0.2) is 35.5 Å². The Balaban J connectivity index is 1.76. The van der Waals surface area contributed by atoms with Gasteiger partial charge in [-0.2, -0.15) is 0 Å². The molecule has 1 aliphatic heterocycles. The minimum absolute atomic E-state index is 0.283. The highest BCUT2D eigenvalue weighted by Crippen LogP contribution is 2.24. The fraction of sp³-hybridized carbons (Fsp3) is 0.389. The molecule has 138 valence electrons. The summed E-state index contributed by atoms with van der Waals surface area (Å²) in [5.41, 5.74) is 2.03. The first-order valence-electron chi connectivity index (χ1n) is 8.30. The Hall–Kier alpha value is -2.16. The van der Waals surface area contributed by atoms with E-state index in [1.54, 1.807) is 25.3 Å². The zero-order valence-electron chi connectivity index (χ0n) is 14.6. The van der Waals surface area contributed by atoms with Crippen LogP contribution in [0.1, 0.15) is 21.6 Å². The van der Waals surface area contributed by atoms with E-state index in [1.807, 2.05) is 12.1 Å². The molecule has 2 heterocycles. The minimum atomic E-state index is -0.926. The van der Waals surface area contributed by atoms with Gasteiger partial charge in [0.25, 0.3) is 0 Å². The van der Waals surface area contributed by atoms with Gasteiger partial charge in [0.15, 0.2) is 5.16 Å².